The van der Waals surface area contributed by atoms with Crippen molar-refractivity contribution in [3.05, 3.63) is 95.6 Å². The van der Waals surface area contributed by atoms with Gasteiger partial charge in [0.25, 0.3) is 5.91 Å². The summed E-state index contributed by atoms with van der Waals surface area (Å²) in [5.41, 5.74) is 3.00. The molecule has 2 amide bonds. The molecule has 1 heterocycles. The number of aromatic hydroxyl groups is 1. The van der Waals surface area contributed by atoms with Crippen LogP contribution in [0.3, 0.4) is 0 Å². The van der Waals surface area contributed by atoms with Gasteiger partial charge in [-0.1, -0.05) is 96.1 Å². The summed E-state index contributed by atoms with van der Waals surface area (Å²) in [7, 11) is 0. The van der Waals surface area contributed by atoms with Gasteiger partial charge in [-0.05, 0) is 81.1 Å². The van der Waals surface area contributed by atoms with Crippen LogP contribution >= 0.6 is 11.8 Å². The predicted octanol–water partition coefficient (Wildman–Crippen LogP) is 7.77. The molecular weight excluding hydrogens is 611 g/mol. The molecular formula is C37H41N5O4S. The van der Waals surface area contributed by atoms with E-state index in [1.807, 2.05) is 48.5 Å². The van der Waals surface area contributed by atoms with Crippen molar-refractivity contribution in [2.45, 2.75) is 81.7 Å². The molecule has 10 heteroatoms. The Bertz CT molecular complexity index is 1900. The minimum absolute atomic E-state index is 0.0275. The van der Waals surface area contributed by atoms with E-state index in [1.54, 1.807) is 22.9 Å². The van der Waals surface area contributed by atoms with E-state index in [1.165, 1.54) is 17.3 Å². The van der Waals surface area contributed by atoms with E-state index in [0.717, 1.165) is 29.8 Å². The van der Waals surface area contributed by atoms with Gasteiger partial charge in [0, 0.05) is 15.8 Å². The van der Waals surface area contributed by atoms with E-state index < -0.39 is 11.8 Å². The lowest BCUT2D eigenvalue weighted by molar-refractivity contribution is -0.120. The number of carbonyl (C=O) groups is 2. The molecule has 0 fully saturated rings. The number of amides is 2. The average molecular weight is 652 g/mol. The quantitative estimate of drug-likeness (QED) is 0.140. The number of para-hydroxylation sites is 1. The number of nitrogens with zero attached hydrogens (tertiary/aromatic N) is 4. The maximum Gasteiger partial charge on any atom is 0.261 e. The zero-order chi connectivity index (χ0) is 33.8. The Hall–Kier alpha value is -4.70. The fourth-order valence-corrected chi connectivity index (χ4v) is 6.13. The molecule has 0 unspecified atom stereocenters. The molecule has 0 spiro atoms. The Morgan fingerprint density at radius 1 is 0.894 bits per heavy atom. The number of benzene rings is 4. The van der Waals surface area contributed by atoms with Crippen molar-refractivity contribution in [3.8, 4) is 17.2 Å². The van der Waals surface area contributed by atoms with Gasteiger partial charge in [0.1, 0.15) is 11.5 Å². The summed E-state index contributed by atoms with van der Waals surface area (Å²) in [6, 6.07) is 24.5. The summed E-state index contributed by atoms with van der Waals surface area (Å²) in [6.45, 7) is 13.3. The molecule has 2 N–H and O–H groups in total. The van der Waals surface area contributed by atoms with Gasteiger partial charge in [-0.3, -0.25) is 14.9 Å². The third-order valence-electron chi connectivity index (χ3n) is 8.96. The second kappa shape index (κ2) is 14.0. The van der Waals surface area contributed by atoms with Gasteiger partial charge in [-0.15, -0.1) is 5.10 Å². The minimum atomic E-state index is -0.707. The molecule has 47 heavy (non-hydrogen) atoms. The summed E-state index contributed by atoms with van der Waals surface area (Å²) < 4.78 is 7.74. The first-order valence-corrected chi connectivity index (χ1v) is 16.6. The van der Waals surface area contributed by atoms with Crippen molar-refractivity contribution in [1.29, 1.82) is 0 Å². The van der Waals surface area contributed by atoms with Crippen molar-refractivity contribution in [2.24, 2.45) is 0 Å². The number of phenols is 1. The van der Waals surface area contributed by atoms with Crippen molar-refractivity contribution < 1.29 is 19.4 Å². The van der Waals surface area contributed by atoms with Gasteiger partial charge in [0.05, 0.1) is 24.3 Å². The Morgan fingerprint density at radius 2 is 1.57 bits per heavy atom. The van der Waals surface area contributed by atoms with Crippen molar-refractivity contribution in [1.82, 2.24) is 25.5 Å². The van der Waals surface area contributed by atoms with Crippen molar-refractivity contribution >= 4 is 34.3 Å². The van der Waals surface area contributed by atoms with E-state index in [2.05, 4.69) is 74.5 Å². The second-order valence-electron chi connectivity index (χ2n) is 12.8. The summed E-state index contributed by atoms with van der Waals surface area (Å²) in [4.78, 5) is 27.0. The van der Waals surface area contributed by atoms with E-state index in [4.69, 9.17) is 4.74 Å². The molecule has 0 bridgehead atoms. The fourth-order valence-electron chi connectivity index (χ4n) is 5.17. The lowest BCUT2D eigenvalue weighted by atomic mass is 9.76. The summed E-state index contributed by atoms with van der Waals surface area (Å²) >= 11 is 1.26. The standard InChI is InChI=1S/C37H41N5O4S/c1-7-36(3,4)24-18-19-30(29(22-24)37(5,6)8-2)46-21-20-32(43)38-34(45)28-23-31(26-16-12-13-17-27(26)33(28)44)47-35-39-40-41-42(35)25-14-10-9-11-15-25/h9-19,22-23,44H,7-8,20-21H2,1-6H3,(H,38,43,45). The lowest BCUT2D eigenvalue weighted by Gasteiger charge is -2.30. The highest BCUT2D eigenvalue weighted by Crippen LogP contribution is 2.40. The van der Waals surface area contributed by atoms with Gasteiger partial charge in [0.2, 0.25) is 11.1 Å². The summed E-state index contributed by atoms with van der Waals surface area (Å²) in [5, 5.41) is 27.3. The number of hydrogen-bond donors (Lipinski definition) is 2. The number of ether oxygens (including phenoxy) is 1. The molecule has 0 saturated heterocycles. The number of aromatic nitrogens is 4. The van der Waals surface area contributed by atoms with Crippen LogP contribution in [0.15, 0.2) is 88.9 Å². The van der Waals surface area contributed by atoms with Gasteiger partial charge >= 0.3 is 0 Å². The smallest absolute Gasteiger partial charge is 0.261 e. The van der Waals surface area contributed by atoms with Crippen LogP contribution in [-0.2, 0) is 15.6 Å². The number of imide groups is 1. The number of tetrazole rings is 1. The van der Waals surface area contributed by atoms with Crippen LogP contribution in [0.1, 0.15) is 82.3 Å². The number of hydrogen-bond acceptors (Lipinski definition) is 8. The Kier molecular flexibility index (Phi) is 10.0. The third-order valence-corrected chi connectivity index (χ3v) is 9.96. The van der Waals surface area contributed by atoms with Crippen LogP contribution in [0.5, 0.6) is 11.5 Å². The molecule has 9 nitrogen and oxygen atoms in total. The van der Waals surface area contributed by atoms with Crippen LogP contribution in [0.4, 0.5) is 0 Å². The maximum absolute atomic E-state index is 13.4. The zero-order valence-corrected chi connectivity index (χ0v) is 28.5. The fraction of sp³-hybridized carbons (Fsp3) is 0.324. The first kappa shape index (κ1) is 33.7. The number of fused-ring (bicyclic) bond motifs is 1. The highest BCUT2D eigenvalue weighted by molar-refractivity contribution is 7.99. The maximum atomic E-state index is 13.4. The first-order valence-electron chi connectivity index (χ1n) is 15.8. The zero-order valence-electron chi connectivity index (χ0n) is 27.7. The lowest BCUT2D eigenvalue weighted by Crippen LogP contribution is -2.31. The number of nitrogens with one attached hydrogen (secondary N) is 1. The molecule has 244 valence electrons. The third kappa shape index (κ3) is 7.33. The highest BCUT2D eigenvalue weighted by Gasteiger charge is 2.27. The van der Waals surface area contributed by atoms with Crippen LogP contribution in [0.25, 0.3) is 16.5 Å². The highest BCUT2D eigenvalue weighted by atomic mass is 32.2. The largest absolute Gasteiger partial charge is 0.506 e. The van der Waals surface area contributed by atoms with E-state index in [0.29, 0.717) is 20.8 Å². The van der Waals surface area contributed by atoms with Gasteiger partial charge < -0.3 is 9.84 Å². The van der Waals surface area contributed by atoms with E-state index in [-0.39, 0.29) is 35.2 Å². The molecule has 0 aliphatic carbocycles. The van der Waals surface area contributed by atoms with Crippen LogP contribution in [0, 0.1) is 0 Å². The molecule has 0 radical (unpaired) electrons. The summed E-state index contributed by atoms with van der Waals surface area (Å²) in [5.74, 6) is -0.694. The van der Waals surface area contributed by atoms with Gasteiger partial charge in [0.15, 0.2) is 0 Å². The number of rotatable bonds is 12. The first-order chi connectivity index (χ1) is 22.4. The Labute approximate surface area is 279 Å². The molecule has 1 aromatic heterocycles. The molecule has 0 aliphatic rings. The molecule has 5 rings (SSSR count). The molecule has 5 aromatic rings. The Morgan fingerprint density at radius 3 is 2.28 bits per heavy atom. The van der Waals surface area contributed by atoms with Gasteiger partial charge in [-0.2, -0.15) is 4.68 Å². The Balaban J connectivity index is 1.33. The molecule has 0 saturated carbocycles. The molecule has 4 aromatic carbocycles. The summed E-state index contributed by atoms with van der Waals surface area (Å²) in [6.07, 6.45) is 1.89. The predicted molar refractivity (Wildman–Crippen MR) is 185 cm³/mol. The van der Waals surface area contributed by atoms with Crippen molar-refractivity contribution in [3.63, 3.8) is 0 Å². The minimum Gasteiger partial charge on any atom is -0.506 e. The number of phenolic OH excluding ortho intramolecular Hbond substituents is 1. The van der Waals surface area contributed by atoms with Crippen LogP contribution in [-0.4, -0.2) is 43.7 Å². The van der Waals surface area contributed by atoms with Crippen molar-refractivity contribution in [2.75, 3.05) is 6.61 Å². The van der Waals surface area contributed by atoms with Crippen LogP contribution < -0.4 is 10.1 Å². The number of carbonyl (C=O) groups excluding carboxylic acids is 2. The van der Waals surface area contributed by atoms with Crippen LogP contribution in [0.2, 0.25) is 0 Å². The second-order valence-corrected chi connectivity index (χ2v) is 13.8. The SMILES string of the molecule is CCC(C)(C)c1ccc(OCCC(=O)NC(=O)c2cc(Sc3nnnn3-c3ccccc3)c3ccccc3c2O)c(C(C)(C)CC)c1. The van der Waals surface area contributed by atoms with E-state index in [9.17, 15) is 14.7 Å². The topological polar surface area (TPSA) is 119 Å². The molecule has 0 atom stereocenters. The normalized spacial score (nSPS) is 11.9. The van der Waals surface area contributed by atoms with E-state index >= 15 is 0 Å². The van der Waals surface area contributed by atoms with Gasteiger partial charge in [-0.25, -0.2) is 0 Å². The molecule has 0 aliphatic heterocycles. The average Bonchev–Trinajstić information content (AvgIpc) is 3.54. The monoisotopic (exact) mass is 651 g/mol.